The van der Waals surface area contributed by atoms with Gasteiger partial charge in [-0.25, -0.2) is 9.97 Å². The van der Waals surface area contributed by atoms with E-state index < -0.39 is 17.7 Å². The van der Waals surface area contributed by atoms with Crippen LogP contribution in [0.3, 0.4) is 0 Å². The molecule has 0 atom stereocenters. The average Bonchev–Trinajstić information content (AvgIpc) is 3.44. The van der Waals surface area contributed by atoms with E-state index in [4.69, 9.17) is 10.2 Å². The highest BCUT2D eigenvalue weighted by atomic mass is 16.3. The van der Waals surface area contributed by atoms with Crippen molar-refractivity contribution in [1.82, 2.24) is 25.2 Å². The summed E-state index contributed by atoms with van der Waals surface area (Å²) in [4.78, 5) is 46.1. The first-order valence-corrected chi connectivity index (χ1v) is 10.3. The zero-order chi connectivity index (χ0) is 23.8. The van der Waals surface area contributed by atoms with Crippen LogP contribution in [0.15, 0.2) is 71.4 Å². The lowest BCUT2D eigenvalue weighted by atomic mass is 10.1. The number of carbonyl (C=O) groups is 3. The predicted octanol–water partition coefficient (Wildman–Crippen LogP) is 2.62. The number of aryl methyl sites for hydroxylation is 1. The monoisotopic (exact) mass is 454 g/mol. The van der Waals surface area contributed by atoms with E-state index in [0.29, 0.717) is 16.8 Å². The number of aromatic nitrogens is 3. The van der Waals surface area contributed by atoms with E-state index in [1.54, 1.807) is 19.1 Å². The molecule has 0 aliphatic rings. The summed E-state index contributed by atoms with van der Waals surface area (Å²) in [6.07, 6.45) is 1.28. The van der Waals surface area contributed by atoms with Crippen LogP contribution in [0.1, 0.15) is 37.1 Å². The summed E-state index contributed by atoms with van der Waals surface area (Å²) in [6, 6.07) is 17.9. The molecule has 3 amide bonds. The van der Waals surface area contributed by atoms with E-state index in [2.05, 4.69) is 20.8 Å². The molecule has 0 saturated carbocycles. The number of rotatable bonds is 4. The Hall–Kier alpha value is -4.99. The van der Waals surface area contributed by atoms with Crippen LogP contribution in [0, 0.1) is 6.92 Å². The second kappa shape index (κ2) is 8.17. The minimum atomic E-state index is -0.778. The maximum absolute atomic E-state index is 13.1. The van der Waals surface area contributed by atoms with Crippen LogP contribution >= 0.6 is 0 Å². The van der Waals surface area contributed by atoms with Crippen molar-refractivity contribution in [2.45, 2.75) is 6.92 Å². The number of carbonyl (C=O) groups excluding carboxylic acids is 3. The second-order valence-corrected chi connectivity index (χ2v) is 7.50. The van der Waals surface area contributed by atoms with Crippen molar-refractivity contribution in [3.05, 3.63) is 89.7 Å². The number of nitrogens with zero attached hydrogens (tertiary/aromatic N) is 3. The van der Waals surface area contributed by atoms with Gasteiger partial charge in [-0.05, 0) is 19.1 Å². The maximum atomic E-state index is 13.1. The first-order valence-electron chi connectivity index (χ1n) is 10.3. The van der Waals surface area contributed by atoms with Crippen molar-refractivity contribution in [3.63, 3.8) is 0 Å². The van der Waals surface area contributed by atoms with Gasteiger partial charge in [-0.3, -0.25) is 29.6 Å². The Bertz CT molecular complexity index is 1590. The lowest BCUT2D eigenvalue weighted by molar-refractivity contribution is 0.0828. The van der Waals surface area contributed by atoms with Gasteiger partial charge in [-0.15, -0.1) is 0 Å². The second-order valence-electron chi connectivity index (χ2n) is 7.50. The molecule has 0 aliphatic heterocycles. The van der Waals surface area contributed by atoms with Crippen LogP contribution in [0.5, 0.6) is 0 Å². The molecule has 3 heterocycles. The lowest BCUT2D eigenvalue weighted by Gasteiger charge is -2.10. The number of fused-ring (bicyclic) bond motifs is 2. The molecule has 5 rings (SSSR count). The molecule has 0 radical (unpaired) electrons. The number of hydrazine groups is 1. The van der Waals surface area contributed by atoms with Crippen LogP contribution in [0.25, 0.3) is 27.9 Å². The number of hydrogen-bond acceptors (Lipinski definition) is 6. The van der Waals surface area contributed by atoms with Gasteiger partial charge in [-0.2, -0.15) is 0 Å². The quantitative estimate of drug-likeness (QED) is 0.356. The van der Waals surface area contributed by atoms with Gasteiger partial charge in [0.05, 0.1) is 5.69 Å². The van der Waals surface area contributed by atoms with Crippen LogP contribution in [0.4, 0.5) is 0 Å². The number of nitrogens with one attached hydrogen (secondary N) is 2. The molecule has 4 N–H and O–H groups in total. The topological polar surface area (TPSA) is 145 Å². The molecule has 10 nitrogen and oxygen atoms in total. The van der Waals surface area contributed by atoms with Crippen LogP contribution < -0.4 is 16.6 Å². The van der Waals surface area contributed by atoms with E-state index in [0.717, 1.165) is 10.9 Å². The molecule has 168 valence electrons. The molecule has 3 aromatic heterocycles. The minimum Gasteiger partial charge on any atom is -0.451 e. The Balaban J connectivity index is 1.48. The third-order valence-corrected chi connectivity index (χ3v) is 5.38. The van der Waals surface area contributed by atoms with E-state index in [1.165, 1.54) is 16.8 Å². The highest BCUT2D eigenvalue weighted by molar-refractivity contribution is 6.02. The van der Waals surface area contributed by atoms with Crippen LogP contribution in [-0.4, -0.2) is 32.1 Å². The molecule has 34 heavy (non-hydrogen) atoms. The number of benzene rings is 2. The Morgan fingerprint density at radius 3 is 2.41 bits per heavy atom. The van der Waals surface area contributed by atoms with Gasteiger partial charge in [0.25, 0.3) is 11.8 Å². The highest BCUT2D eigenvalue weighted by Gasteiger charge is 2.22. The Labute approximate surface area is 192 Å². The molecule has 10 heteroatoms. The minimum absolute atomic E-state index is 0.0752. The zero-order valence-corrected chi connectivity index (χ0v) is 17.9. The van der Waals surface area contributed by atoms with E-state index in [9.17, 15) is 14.4 Å². The summed E-state index contributed by atoms with van der Waals surface area (Å²) >= 11 is 0. The molecular formula is C24H18N6O4. The number of para-hydroxylation sites is 1. The summed E-state index contributed by atoms with van der Waals surface area (Å²) in [5.74, 6) is -1.95. The highest BCUT2D eigenvalue weighted by Crippen LogP contribution is 2.25. The number of amides is 3. The van der Waals surface area contributed by atoms with Gasteiger partial charge in [0.2, 0.25) is 0 Å². The Morgan fingerprint density at radius 1 is 0.971 bits per heavy atom. The fraction of sp³-hybridized carbons (Fsp3) is 0.0417. The fourth-order valence-corrected chi connectivity index (χ4v) is 3.70. The van der Waals surface area contributed by atoms with Crippen LogP contribution in [-0.2, 0) is 0 Å². The summed E-state index contributed by atoms with van der Waals surface area (Å²) in [6.45, 7) is 1.76. The van der Waals surface area contributed by atoms with E-state index in [-0.39, 0.29) is 22.8 Å². The smallest absolute Gasteiger partial charge is 0.305 e. The molecule has 0 spiro atoms. The van der Waals surface area contributed by atoms with E-state index in [1.807, 2.05) is 42.5 Å². The van der Waals surface area contributed by atoms with Crippen molar-refractivity contribution in [2.24, 2.45) is 5.73 Å². The molecule has 0 bridgehead atoms. The number of nitrogens with two attached hydrogens (primary N) is 1. The van der Waals surface area contributed by atoms with Crippen molar-refractivity contribution in [1.29, 1.82) is 0 Å². The predicted molar refractivity (Wildman–Crippen MR) is 123 cm³/mol. The third kappa shape index (κ3) is 3.52. The molecule has 5 aromatic rings. The summed E-state index contributed by atoms with van der Waals surface area (Å²) in [5.41, 5.74) is 12.7. The first-order chi connectivity index (χ1) is 16.4. The Morgan fingerprint density at radius 2 is 1.68 bits per heavy atom. The summed E-state index contributed by atoms with van der Waals surface area (Å²) < 4.78 is 6.97. The van der Waals surface area contributed by atoms with Crippen LogP contribution in [0.2, 0.25) is 0 Å². The van der Waals surface area contributed by atoms with Gasteiger partial charge in [0.15, 0.2) is 17.1 Å². The molecule has 0 saturated heterocycles. The van der Waals surface area contributed by atoms with Gasteiger partial charge >= 0.3 is 5.91 Å². The first kappa shape index (κ1) is 20.9. The molecule has 0 unspecified atom stereocenters. The normalized spacial score (nSPS) is 11.0. The van der Waals surface area contributed by atoms with Gasteiger partial charge in [0, 0.05) is 16.5 Å². The van der Waals surface area contributed by atoms with E-state index >= 15 is 0 Å². The molecule has 0 fully saturated rings. The maximum Gasteiger partial charge on any atom is 0.305 e. The molecule has 2 aromatic carbocycles. The number of imidazole rings is 1. The Kier molecular flexibility index (Phi) is 5.02. The number of primary amides is 1. The van der Waals surface area contributed by atoms with Crippen molar-refractivity contribution >= 4 is 34.3 Å². The number of hydrogen-bond donors (Lipinski definition) is 3. The summed E-state index contributed by atoms with van der Waals surface area (Å²) in [7, 11) is 0. The zero-order valence-electron chi connectivity index (χ0n) is 17.9. The summed E-state index contributed by atoms with van der Waals surface area (Å²) in [5, 5.41) is 0.805. The SMILES string of the molecule is Cc1c(C(=O)NNC(=O)c2cc(-c3ccccc3)nc3c(C(N)=O)ncn23)oc2ccccc12. The van der Waals surface area contributed by atoms with Gasteiger partial charge in [0.1, 0.15) is 17.6 Å². The lowest BCUT2D eigenvalue weighted by Crippen LogP contribution is -2.42. The largest absolute Gasteiger partial charge is 0.451 e. The standard InChI is InChI=1S/C24H18N6O4/c1-13-15-9-5-6-10-18(15)34-20(13)24(33)29-28-23(32)17-11-16(14-7-3-2-4-8-14)27-22-19(21(25)31)26-12-30(17)22/h2-12H,1H3,(H2,25,31)(H,28,32)(H,29,33). The van der Waals surface area contributed by atoms with Crippen molar-refractivity contribution in [2.75, 3.05) is 0 Å². The average molecular weight is 454 g/mol. The molecular weight excluding hydrogens is 436 g/mol. The number of furan rings is 1. The van der Waals surface area contributed by atoms with Crippen molar-refractivity contribution in [3.8, 4) is 11.3 Å². The fourth-order valence-electron chi connectivity index (χ4n) is 3.70. The van der Waals surface area contributed by atoms with Crippen molar-refractivity contribution < 1.29 is 18.8 Å². The van der Waals surface area contributed by atoms with Gasteiger partial charge < -0.3 is 10.2 Å². The molecule has 0 aliphatic carbocycles. The van der Waals surface area contributed by atoms with Gasteiger partial charge in [-0.1, -0.05) is 48.5 Å². The third-order valence-electron chi connectivity index (χ3n) is 5.38.